The van der Waals surface area contributed by atoms with Gasteiger partial charge in [-0.25, -0.2) is 0 Å². The molecule has 140 valence electrons. The van der Waals surface area contributed by atoms with Crippen LogP contribution in [0.1, 0.15) is 25.8 Å². The van der Waals surface area contributed by atoms with Crippen LogP contribution in [0.15, 0.2) is 18.2 Å². The van der Waals surface area contributed by atoms with E-state index in [0.717, 1.165) is 5.56 Å². The second-order valence-corrected chi connectivity index (χ2v) is 7.51. The minimum atomic E-state index is -1.64. The number of hydrogen-bond donors (Lipinski definition) is 4. The van der Waals surface area contributed by atoms with E-state index in [-0.39, 0.29) is 30.4 Å². The molecule has 1 aromatic carbocycles. The Morgan fingerprint density at radius 3 is 2.40 bits per heavy atom. The number of hydrogen-bond acceptors (Lipinski definition) is 4. The highest BCUT2D eigenvalue weighted by Crippen LogP contribution is 2.24. The van der Waals surface area contributed by atoms with Crippen molar-refractivity contribution in [2.45, 2.75) is 38.3 Å². The standard InChI is InChI=1S/C17H24Cl2N2O3S/c1-10(2)8-17(24,9-25)16(23)21-14(15(22)20-3)7-11-4-5-12(18)13(19)6-11/h4-6,10,14,24-25H,7-9H2,1-3H3,(H,20,22)(H,21,23)/t14-,17-/m0/s1. The van der Waals surface area contributed by atoms with Crippen LogP contribution in [0, 0.1) is 5.92 Å². The Bertz CT molecular complexity index is 628. The van der Waals surface area contributed by atoms with E-state index < -0.39 is 17.6 Å². The van der Waals surface area contributed by atoms with Gasteiger partial charge in [0.05, 0.1) is 10.0 Å². The maximum Gasteiger partial charge on any atom is 0.253 e. The first kappa shape index (κ1) is 22.1. The summed E-state index contributed by atoms with van der Waals surface area (Å²) in [6.07, 6.45) is 0.461. The van der Waals surface area contributed by atoms with Gasteiger partial charge in [-0.15, -0.1) is 0 Å². The molecule has 0 aliphatic rings. The summed E-state index contributed by atoms with van der Waals surface area (Å²) in [5, 5.41) is 16.5. The monoisotopic (exact) mass is 406 g/mol. The minimum absolute atomic E-state index is 0.0374. The molecule has 0 radical (unpaired) electrons. The molecule has 2 amide bonds. The van der Waals surface area contributed by atoms with E-state index in [1.165, 1.54) is 7.05 Å². The zero-order valence-corrected chi connectivity index (χ0v) is 16.9. The maximum atomic E-state index is 12.5. The van der Waals surface area contributed by atoms with Gasteiger partial charge in [-0.3, -0.25) is 9.59 Å². The van der Waals surface area contributed by atoms with Gasteiger partial charge in [0.2, 0.25) is 5.91 Å². The Morgan fingerprint density at radius 1 is 1.28 bits per heavy atom. The second-order valence-electron chi connectivity index (χ2n) is 6.38. The summed E-state index contributed by atoms with van der Waals surface area (Å²) in [6, 6.07) is 4.15. The van der Waals surface area contributed by atoms with Gasteiger partial charge < -0.3 is 15.7 Å². The second kappa shape index (κ2) is 9.67. The van der Waals surface area contributed by atoms with Crippen molar-refractivity contribution < 1.29 is 14.7 Å². The van der Waals surface area contributed by atoms with E-state index >= 15 is 0 Å². The molecule has 2 atom stereocenters. The van der Waals surface area contributed by atoms with E-state index in [0.29, 0.717) is 10.0 Å². The van der Waals surface area contributed by atoms with Crippen LogP contribution >= 0.6 is 35.8 Å². The molecule has 3 N–H and O–H groups in total. The number of aliphatic hydroxyl groups is 1. The molecule has 0 aliphatic heterocycles. The SMILES string of the molecule is CNC(=O)[C@H](Cc1ccc(Cl)c(Cl)c1)NC(=O)[C@@](O)(CS)CC(C)C. The third kappa shape index (κ3) is 6.37. The maximum absolute atomic E-state index is 12.5. The third-order valence-electron chi connectivity index (χ3n) is 3.72. The topological polar surface area (TPSA) is 78.4 Å². The summed E-state index contributed by atoms with van der Waals surface area (Å²) in [5.74, 6) is -0.934. The molecule has 0 saturated heterocycles. The molecule has 0 heterocycles. The Hall–Kier alpha value is -0.950. The van der Waals surface area contributed by atoms with E-state index in [1.807, 2.05) is 13.8 Å². The molecule has 0 fully saturated rings. The fourth-order valence-corrected chi connectivity index (χ4v) is 3.08. The smallest absolute Gasteiger partial charge is 0.253 e. The lowest BCUT2D eigenvalue weighted by Crippen LogP contribution is -2.56. The predicted molar refractivity (Wildman–Crippen MR) is 104 cm³/mol. The van der Waals surface area contributed by atoms with Crippen molar-refractivity contribution in [2.75, 3.05) is 12.8 Å². The van der Waals surface area contributed by atoms with Crippen LogP contribution in [0.3, 0.4) is 0 Å². The summed E-state index contributed by atoms with van der Waals surface area (Å²) in [7, 11) is 1.48. The number of amides is 2. The third-order valence-corrected chi connectivity index (χ3v) is 4.98. The van der Waals surface area contributed by atoms with Gasteiger partial charge in [0, 0.05) is 19.2 Å². The fraction of sp³-hybridized carbons (Fsp3) is 0.529. The van der Waals surface area contributed by atoms with Gasteiger partial charge in [-0.2, -0.15) is 12.6 Å². The quantitative estimate of drug-likeness (QED) is 0.500. The van der Waals surface area contributed by atoms with Gasteiger partial charge in [-0.1, -0.05) is 43.1 Å². The number of benzene rings is 1. The van der Waals surface area contributed by atoms with Crippen LogP contribution in [0.25, 0.3) is 0 Å². The van der Waals surface area contributed by atoms with Gasteiger partial charge in [0.1, 0.15) is 6.04 Å². The Kier molecular flexibility index (Phi) is 8.54. The molecule has 0 aromatic heterocycles. The van der Waals surface area contributed by atoms with E-state index in [1.54, 1.807) is 18.2 Å². The number of carbonyl (C=O) groups excluding carboxylic acids is 2. The van der Waals surface area contributed by atoms with Gasteiger partial charge >= 0.3 is 0 Å². The van der Waals surface area contributed by atoms with Gasteiger partial charge in [0.25, 0.3) is 5.91 Å². The molecule has 0 unspecified atom stereocenters. The van der Waals surface area contributed by atoms with Crippen molar-refractivity contribution in [1.29, 1.82) is 0 Å². The summed E-state index contributed by atoms with van der Waals surface area (Å²) in [4.78, 5) is 24.7. The molecule has 1 rings (SSSR count). The summed E-state index contributed by atoms with van der Waals surface area (Å²) in [6.45, 7) is 3.79. The Labute approximate surface area is 163 Å². The van der Waals surface area contributed by atoms with Gasteiger partial charge in [0.15, 0.2) is 5.60 Å². The molecule has 5 nitrogen and oxygen atoms in total. The van der Waals surface area contributed by atoms with Gasteiger partial charge in [-0.05, 0) is 30.0 Å². The highest BCUT2D eigenvalue weighted by molar-refractivity contribution is 7.80. The van der Waals surface area contributed by atoms with E-state index in [9.17, 15) is 14.7 Å². The Morgan fingerprint density at radius 2 is 1.92 bits per heavy atom. The summed E-state index contributed by atoms with van der Waals surface area (Å²) < 4.78 is 0. The van der Waals surface area contributed by atoms with Crippen LogP contribution in [-0.2, 0) is 16.0 Å². The molecule has 0 aliphatic carbocycles. The molecular weight excluding hydrogens is 383 g/mol. The Balaban J connectivity index is 2.97. The number of thiol groups is 1. The zero-order valence-electron chi connectivity index (χ0n) is 14.5. The largest absolute Gasteiger partial charge is 0.379 e. The molecule has 0 spiro atoms. The van der Waals surface area contributed by atoms with Crippen LogP contribution in [0.5, 0.6) is 0 Å². The number of likely N-dealkylation sites (N-methyl/N-ethyl adjacent to an activating group) is 1. The van der Waals surface area contributed by atoms with E-state index in [4.69, 9.17) is 23.2 Å². The normalized spacial score (nSPS) is 14.7. The fourth-order valence-electron chi connectivity index (χ4n) is 2.48. The van der Waals surface area contributed by atoms with Crippen molar-refractivity contribution in [3.8, 4) is 0 Å². The van der Waals surface area contributed by atoms with Crippen LogP contribution in [0.4, 0.5) is 0 Å². The number of carbonyl (C=O) groups is 2. The molecular formula is C17H24Cl2N2O3S. The predicted octanol–water partition coefficient (Wildman–Crippen LogP) is 2.47. The van der Waals surface area contributed by atoms with Crippen molar-refractivity contribution in [3.05, 3.63) is 33.8 Å². The van der Waals surface area contributed by atoms with E-state index in [2.05, 4.69) is 23.3 Å². The molecule has 8 heteroatoms. The summed E-state index contributed by atoms with van der Waals surface area (Å²) >= 11 is 16.0. The van der Waals surface area contributed by atoms with Crippen molar-refractivity contribution in [1.82, 2.24) is 10.6 Å². The first-order valence-corrected chi connectivity index (χ1v) is 9.31. The molecule has 0 saturated carbocycles. The lowest BCUT2D eigenvalue weighted by atomic mass is 9.92. The van der Waals surface area contributed by atoms with Crippen LogP contribution < -0.4 is 10.6 Å². The van der Waals surface area contributed by atoms with Crippen LogP contribution in [0.2, 0.25) is 10.0 Å². The minimum Gasteiger partial charge on any atom is -0.379 e. The highest BCUT2D eigenvalue weighted by atomic mass is 35.5. The van der Waals surface area contributed by atoms with Crippen LogP contribution in [-0.4, -0.2) is 41.4 Å². The highest BCUT2D eigenvalue weighted by Gasteiger charge is 2.37. The average Bonchev–Trinajstić information content (AvgIpc) is 2.55. The average molecular weight is 407 g/mol. The number of nitrogens with one attached hydrogen (secondary N) is 2. The molecule has 25 heavy (non-hydrogen) atoms. The molecule has 1 aromatic rings. The first-order valence-electron chi connectivity index (χ1n) is 7.92. The number of rotatable bonds is 8. The van der Waals surface area contributed by atoms with Crippen molar-refractivity contribution in [3.63, 3.8) is 0 Å². The zero-order chi connectivity index (χ0) is 19.2. The molecule has 0 bridgehead atoms. The van der Waals surface area contributed by atoms with Crippen molar-refractivity contribution >= 4 is 47.6 Å². The lowest BCUT2D eigenvalue weighted by Gasteiger charge is -2.29. The first-order chi connectivity index (χ1) is 11.6. The number of halogens is 2. The van der Waals surface area contributed by atoms with Crippen molar-refractivity contribution in [2.24, 2.45) is 5.92 Å². The lowest BCUT2D eigenvalue weighted by molar-refractivity contribution is -0.141. The summed E-state index contributed by atoms with van der Waals surface area (Å²) in [5.41, 5.74) is -0.900.